The van der Waals surface area contributed by atoms with Crippen molar-refractivity contribution in [3.05, 3.63) is 64.8 Å². The van der Waals surface area contributed by atoms with Crippen LogP contribution in [0.25, 0.3) is 10.9 Å². The minimum absolute atomic E-state index is 0.122. The highest BCUT2D eigenvalue weighted by atomic mass is 19.3. The molecular formula is C31H37F2NO4. The zero-order valence-electron chi connectivity index (χ0n) is 22.4. The van der Waals surface area contributed by atoms with E-state index in [4.69, 9.17) is 4.74 Å². The van der Waals surface area contributed by atoms with Crippen molar-refractivity contribution in [3.63, 3.8) is 0 Å². The van der Waals surface area contributed by atoms with E-state index in [1.165, 1.54) is 0 Å². The Morgan fingerprint density at radius 3 is 2.55 bits per heavy atom. The first-order valence-electron chi connectivity index (χ1n) is 13.6. The Balaban J connectivity index is 1.26. The molecule has 2 N–H and O–H groups in total. The van der Waals surface area contributed by atoms with Gasteiger partial charge in [-0.1, -0.05) is 39.0 Å². The van der Waals surface area contributed by atoms with E-state index in [0.717, 1.165) is 59.0 Å². The van der Waals surface area contributed by atoms with E-state index in [0.29, 0.717) is 13.0 Å². The predicted octanol–water partition coefficient (Wildman–Crippen LogP) is 5.83. The molecule has 0 unspecified atom stereocenters. The molecule has 0 radical (unpaired) electrons. The third-order valence-corrected chi connectivity index (χ3v) is 8.05. The van der Waals surface area contributed by atoms with Gasteiger partial charge in [-0.2, -0.15) is 8.78 Å². The second-order valence-corrected chi connectivity index (χ2v) is 12.0. The lowest BCUT2D eigenvalue weighted by atomic mass is 9.86. The van der Waals surface area contributed by atoms with Gasteiger partial charge in [-0.3, -0.25) is 4.79 Å². The molecule has 0 amide bonds. The van der Waals surface area contributed by atoms with Gasteiger partial charge < -0.3 is 19.5 Å². The molecule has 7 heteroatoms. The monoisotopic (exact) mass is 525 g/mol. The van der Waals surface area contributed by atoms with Crippen molar-refractivity contribution in [2.45, 2.75) is 95.3 Å². The Hall–Kier alpha value is -2.77. The molecule has 2 heterocycles. The number of halogens is 2. The molecule has 1 aliphatic heterocycles. The Morgan fingerprint density at radius 1 is 1.11 bits per heavy atom. The average molecular weight is 526 g/mol. The summed E-state index contributed by atoms with van der Waals surface area (Å²) in [5.74, 6) is 0.442. The van der Waals surface area contributed by atoms with Gasteiger partial charge in [0.15, 0.2) is 0 Å². The topological polar surface area (TPSA) is 71.7 Å². The first-order chi connectivity index (χ1) is 17.9. The number of rotatable bonds is 9. The van der Waals surface area contributed by atoms with Gasteiger partial charge in [0.1, 0.15) is 11.5 Å². The van der Waals surface area contributed by atoms with Crippen LogP contribution in [0, 0.1) is 0 Å². The van der Waals surface area contributed by atoms with Gasteiger partial charge in [-0.25, -0.2) is 0 Å². The maximum atomic E-state index is 13.6. The molecule has 0 bridgehead atoms. The number of fused-ring (bicyclic) bond motifs is 2. The largest absolute Gasteiger partial charge is 0.432 e. The van der Waals surface area contributed by atoms with Gasteiger partial charge in [0.2, 0.25) is 0 Å². The van der Waals surface area contributed by atoms with Crippen LogP contribution in [0.3, 0.4) is 0 Å². The van der Waals surface area contributed by atoms with E-state index in [1.54, 1.807) is 12.1 Å². The number of aliphatic hydroxyl groups excluding tert-OH is 2. The molecule has 204 valence electrons. The summed E-state index contributed by atoms with van der Waals surface area (Å²) in [7, 11) is 0. The Morgan fingerprint density at radius 2 is 1.87 bits per heavy atom. The van der Waals surface area contributed by atoms with Crippen LogP contribution < -0.4 is 4.74 Å². The lowest BCUT2D eigenvalue weighted by Gasteiger charge is -2.26. The van der Waals surface area contributed by atoms with Crippen LogP contribution in [0.1, 0.15) is 75.3 Å². The van der Waals surface area contributed by atoms with E-state index >= 15 is 0 Å². The number of benzene rings is 2. The Kier molecular flexibility index (Phi) is 6.89. The Bertz CT molecular complexity index is 1350. The molecule has 3 aromatic rings. The fourth-order valence-electron chi connectivity index (χ4n) is 5.77. The molecule has 2 aromatic carbocycles. The predicted molar refractivity (Wildman–Crippen MR) is 143 cm³/mol. The minimum Gasteiger partial charge on any atom is -0.432 e. The summed E-state index contributed by atoms with van der Waals surface area (Å²) in [5, 5.41) is 20.5. The molecule has 5 nitrogen and oxygen atoms in total. The van der Waals surface area contributed by atoms with Gasteiger partial charge >= 0.3 is 6.11 Å². The zero-order chi connectivity index (χ0) is 27.3. The number of ketones is 1. The minimum atomic E-state index is -3.12. The number of carbonyl (C=O) groups excluding carboxylic acids is 1. The van der Waals surface area contributed by atoms with Crippen molar-refractivity contribution in [2.24, 2.45) is 0 Å². The number of Topliss-reactive ketones (excluding diaryl/α,β-unsaturated/α-hetero) is 1. The SMILES string of the molecule is CC(C)(C)c1cc2cc(CCCC(=O)C3(c4ccc5c(c4)CCC(F)(F)O5)CC3)ccc2n1C[C@@H](O)CO. The summed E-state index contributed by atoms with van der Waals surface area (Å²) in [6, 6.07) is 13.7. The summed E-state index contributed by atoms with van der Waals surface area (Å²) in [6.07, 6.45) is -0.438. The average Bonchev–Trinajstić information content (AvgIpc) is 3.59. The van der Waals surface area contributed by atoms with E-state index < -0.39 is 17.6 Å². The molecule has 38 heavy (non-hydrogen) atoms. The van der Waals surface area contributed by atoms with Crippen molar-refractivity contribution in [2.75, 3.05) is 6.61 Å². The highest BCUT2D eigenvalue weighted by molar-refractivity contribution is 5.93. The summed E-state index contributed by atoms with van der Waals surface area (Å²) < 4.78 is 34.0. The van der Waals surface area contributed by atoms with Crippen LogP contribution in [0.4, 0.5) is 8.78 Å². The molecule has 1 aliphatic carbocycles. The fraction of sp³-hybridized carbons (Fsp3) is 0.516. The molecule has 1 atom stereocenters. The number of aliphatic hydroxyl groups is 2. The van der Waals surface area contributed by atoms with Crippen molar-refractivity contribution in [1.82, 2.24) is 4.57 Å². The van der Waals surface area contributed by atoms with Crippen LogP contribution in [0.15, 0.2) is 42.5 Å². The summed E-state index contributed by atoms with van der Waals surface area (Å²) >= 11 is 0. The summed E-state index contributed by atoms with van der Waals surface area (Å²) in [6.45, 7) is 6.45. The number of hydrogen-bond donors (Lipinski definition) is 2. The number of carbonyl (C=O) groups is 1. The third-order valence-electron chi connectivity index (χ3n) is 8.05. The Labute approximate surface area is 222 Å². The van der Waals surface area contributed by atoms with Gasteiger partial charge in [0, 0.05) is 28.4 Å². The van der Waals surface area contributed by atoms with Gasteiger partial charge in [-0.05, 0) is 73.1 Å². The molecule has 5 rings (SSSR count). The number of ether oxygens (including phenoxy) is 1. The lowest BCUT2D eigenvalue weighted by molar-refractivity contribution is -0.187. The third kappa shape index (κ3) is 5.23. The first-order valence-corrected chi connectivity index (χ1v) is 13.6. The van der Waals surface area contributed by atoms with Crippen LogP contribution in [0.5, 0.6) is 5.75 Å². The molecule has 1 fully saturated rings. The zero-order valence-corrected chi connectivity index (χ0v) is 22.4. The van der Waals surface area contributed by atoms with E-state index in [9.17, 15) is 23.8 Å². The highest BCUT2D eigenvalue weighted by Crippen LogP contribution is 2.51. The van der Waals surface area contributed by atoms with Gasteiger partial charge in [-0.15, -0.1) is 0 Å². The molecule has 2 aliphatic rings. The van der Waals surface area contributed by atoms with Crippen LogP contribution in [0.2, 0.25) is 0 Å². The number of nitrogens with zero attached hydrogens (tertiary/aromatic N) is 1. The van der Waals surface area contributed by atoms with Crippen molar-refractivity contribution in [1.29, 1.82) is 0 Å². The van der Waals surface area contributed by atoms with Crippen LogP contribution in [-0.2, 0) is 35.0 Å². The number of aromatic nitrogens is 1. The van der Waals surface area contributed by atoms with E-state index in [2.05, 4.69) is 49.6 Å². The maximum absolute atomic E-state index is 13.6. The molecular weight excluding hydrogens is 488 g/mol. The van der Waals surface area contributed by atoms with Crippen molar-refractivity contribution < 1.29 is 28.5 Å². The molecule has 1 saturated carbocycles. The van der Waals surface area contributed by atoms with Crippen LogP contribution >= 0.6 is 0 Å². The number of alkyl halides is 2. The van der Waals surface area contributed by atoms with Crippen molar-refractivity contribution in [3.8, 4) is 5.75 Å². The highest BCUT2D eigenvalue weighted by Gasteiger charge is 2.50. The number of aryl methyl sites for hydroxylation is 2. The second kappa shape index (κ2) is 9.76. The lowest BCUT2D eigenvalue weighted by Crippen LogP contribution is -2.30. The second-order valence-electron chi connectivity index (χ2n) is 12.0. The van der Waals surface area contributed by atoms with E-state index in [1.807, 2.05) is 6.07 Å². The number of hydrogen-bond acceptors (Lipinski definition) is 4. The standard InChI is InChI=1S/C31H37F2NO4/c1-29(2,3)27-17-22-15-20(7-9-25(22)34(27)18-24(36)19-35)5-4-6-28(37)30(13-14-30)23-8-10-26-21(16-23)11-12-31(32,33)38-26/h7-10,15-17,24,35-36H,4-6,11-14,18-19H2,1-3H3/t24-/m1/s1. The molecule has 0 saturated heterocycles. The summed E-state index contributed by atoms with van der Waals surface area (Å²) in [5.41, 5.74) is 4.36. The quantitative estimate of drug-likeness (QED) is 0.369. The summed E-state index contributed by atoms with van der Waals surface area (Å²) in [4.78, 5) is 13.3. The molecule has 0 spiro atoms. The van der Waals surface area contributed by atoms with Gasteiger partial charge in [0.25, 0.3) is 0 Å². The van der Waals surface area contributed by atoms with E-state index in [-0.39, 0.29) is 36.4 Å². The smallest absolute Gasteiger partial charge is 0.398 e. The maximum Gasteiger partial charge on any atom is 0.398 e. The van der Waals surface area contributed by atoms with Gasteiger partial charge in [0.05, 0.1) is 31.1 Å². The normalized spacial score (nSPS) is 18.6. The van der Waals surface area contributed by atoms with Crippen LogP contribution in [-0.4, -0.2) is 39.4 Å². The molecule has 1 aromatic heterocycles. The first kappa shape index (κ1) is 26.8. The fourth-order valence-corrected chi connectivity index (χ4v) is 5.77. The van der Waals surface area contributed by atoms with Crippen molar-refractivity contribution >= 4 is 16.7 Å².